The Hall–Kier alpha value is -2.10. The third-order valence-corrected chi connectivity index (χ3v) is 2.80. The van der Waals surface area contributed by atoms with Crippen molar-refractivity contribution in [3.63, 3.8) is 0 Å². The highest BCUT2D eigenvalue weighted by Gasteiger charge is 2.29. The van der Waals surface area contributed by atoms with Gasteiger partial charge >= 0.3 is 5.82 Å². The number of hydrogen-bond acceptors (Lipinski definition) is 5. The summed E-state index contributed by atoms with van der Waals surface area (Å²) in [4.78, 5) is 16.3. The summed E-state index contributed by atoms with van der Waals surface area (Å²) in [7, 11) is 1.74. The number of nitriles is 1. The Morgan fingerprint density at radius 3 is 2.67 bits per heavy atom. The van der Waals surface area contributed by atoms with E-state index in [1.54, 1.807) is 18.5 Å². The van der Waals surface area contributed by atoms with Gasteiger partial charge in [0.2, 0.25) is 11.6 Å². The maximum atomic E-state index is 11.0. The molecule has 0 aliphatic heterocycles. The van der Waals surface area contributed by atoms with Crippen LogP contribution >= 0.6 is 0 Å². The van der Waals surface area contributed by atoms with Crippen LogP contribution in [0.25, 0.3) is 0 Å². The zero-order chi connectivity index (χ0) is 13.9. The van der Waals surface area contributed by atoms with E-state index in [0.717, 1.165) is 0 Å². The molecule has 7 nitrogen and oxygen atoms in total. The average molecular weight is 251 g/mol. The van der Waals surface area contributed by atoms with Gasteiger partial charge in [0.1, 0.15) is 0 Å². The summed E-state index contributed by atoms with van der Waals surface area (Å²) in [5.74, 6) is 0.892. The fourth-order valence-corrected chi connectivity index (χ4v) is 1.80. The number of hydrogen-bond donors (Lipinski definition) is 0. The highest BCUT2D eigenvalue weighted by molar-refractivity contribution is 5.56. The molecule has 0 amide bonds. The van der Waals surface area contributed by atoms with Crippen molar-refractivity contribution in [2.75, 3.05) is 11.4 Å². The first-order valence-electron chi connectivity index (χ1n) is 5.71. The van der Waals surface area contributed by atoms with Gasteiger partial charge in [-0.05, 0) is 23.8 Å². The third kappa shape index (κ3) is 2.59. The van der Waals surface area contributed by atoms with Crippen LogP contribution in [0.4, 0.5) is 11.6 Å². The predicted molar refractivity (Wildman–Crippen MR) is 67.3 cm³/mol. The molecule has 7 heteroatoms. The lowest BCUT2D eigenvalue weighted by molar-refractivity contribution is -0.388. The Bertz CT molecular complexity index is 486. The number of imidazole rings is 1. The molecule has 98 valence electrons. The summed E-state index contributed by atoms with van der Waals surface area (Å²) < 4.78 is 1.69. The summed E-state index contributed by atoms with van der Waals surface area (Å²) in [6.45, 7) is 6.04. The Morgan fingerprint density at radius 2 is 2.22 bits per heavy atom. The summed E-state index contributed by atoms with van der Waals surface area (Å²) in [6, 6.07) is 2.12. The van der Waals surface area contributed by atoms with Crippen LogP contribution in [0.5, 0.6) is 0 Å². The summed E-state index contributed by atoms with van der Waals surface area (Å²) in [6.07, 6.45) is 0.319. The van der Waals surface area contributed by atoms with E-state index in [2.05, 4.69) is 11.1 Å². The highest BCUT2D eigenvalue weighted by atomic mass is 16.6. The lowest BCUT2D eigenvalue weighted by Gasteiger charge is -2.26. The summed E-state index contributed by atoms with van der Waals surface area (Å²) in [5.41, 5.74) is 0. The third-order valence-electron chi connectivity index (χ3n) is 2.80. The van der Waals surface area contributed by atoms with E-state index in [4.69, 9.17) is 5.26 Å². The van der Waals surface area contributed by atoms with Gasteiger partial charge in [0, 0.05) is 26.6 Å². The Labute approximate surface area is 106 Å². The minimum atomic E-state index is -0.482. The van der Waals surface area contributed by atoms with Gasteiger partial charge in [-0.3, -0.25) is 4.57 Å². The largest absolute Gasteiger partial charge is 0.406 e. The monoisotopic (exact) mass is 251 g/mol. The molecule has 1 aromatic rings. The van der Waals surface area contributed by atoms with Crippen molar-refractivity contribution in [2.45, 2.75) is 33.2 Å². The van der Waals surface area contributed by atoms with Gasteiger partial charge in [0.15, 0.2) is 0 Å². The minimum Gasteiger partial charge on any atom is -0.358 e. The van der Waals surface area contributed by atoms with Crippen molar-refractivity contribution in [3.8, 4) is 6.07 Å². The van der Waals surface area contributed by atoms with Crippen molar-refractivity contribution in [1.82, 2.24) is 9.55 Å². The molecule has 0 unspecified atom stereocenters. The first-order chi connectivity index (χ1) is 8.40. The van der Waals surface area contributed by atoms with Crippen LogP contribution in [0.1, 0.15) is 26.1 Å². The van der Waals surface area contributed by atoms with Crippen molar-refractivity contribution < 1.29 is 4.92 Å². The molecule has 0 saturated carbocycles. The molecule has 18 heavy (non-hydrogen) atoms. The quantitative estimate of drug-likeness (QED) is 0.587. The second-order valence-electron chi connectivity index (χ2n) is 4.32. The van der Waals surface area contributed by atoms with Crippen molar-refractivity contribution >= 4 is 11.6 Å². The molecule has 1 heterocycles. The molecule has 0 radical (unpaired) electrons. The molecule has 1 rings (SSSR count). The van der Waals surface area contributed by atoms with Crippen molar-refractivity contribution in [1.29, 1.82) is 5.26 Å². The van der Waals surface area contributed by atoms with E-state index in [1.807, 2.05) is 18.7 Å². The van der Waals surface area contributed by atoms with Gasteiger partial charge in [-0.1, -0.05) is 0 Å². The van der Waals surface area contributed by atoms with Gasteiger partial charge in [0.05, 0.1) is 12.5 Å². The van der Waals surface area contributed by atoms with E-state index < -0.39 is 4.92 Å². The first kappa shape index (κ1) is 14.0. The van der Waals surface area contributed by atoms with Gasteiger partial charge in [0.25, 0.3) is 0 Å². The Balaban J connectivity index is 3.26. The van der Waals surface area contributed by atoms with E-state index in [1.165, 1.54) is 0 Å². The average Bonchev–Trinajstić information content (AvgIpc) is 2.57. The van der Waals surface area contributed by atoms with Gasteiger partial charge in [-0.15, -0.1) is 0 Å². The smallest absolute Gasteiger partial charge is 0.358 e. The molecular formula is C11H17N5O2. The fourth-order valence-electron chi connectivity index (χ4n) is 1.80. The zero-order valence-electron chi connectivity index (χ0n) is 11.0. The number of nitrogens with zero attached hydrogens (tertiary/aromatic N) is 5. The topological polar surface area (TPSA) is 88.0 Å². The van der Waals surface area contributed by atoms with E-state index in [0.29, 0.717) is 24.6 Å². The predicted octanol–water partition coefficient (Wildman–Crippen LogP) is 1.77. The molecule has 0 saturated heterocycles. The minimum absolute atomic E-state index is 0.0619. The molecule has 0 N–H and O–H groups in total. The maximum Gasteiger partial charge on any atom is 0.406 e. The van der Waals surface area contributed by atoms with E-state index in [-0.39, 0.29) is 11.9 Å². The highest BCUT2D eigenvalue weighted by Crippen LogP contribution is 2.29. The van der Waals surface area contributed by atoms with Crippen LogP contribution in [0.2, 0.25) is 0 Å². The molecular weight excluding hydrogens is 234 g/mol. The van der Waals surface area contributed by atoms with Gasteiger partial charge in [-0.2, -0.15) is 5.26 Å². The lowest BCUT2D eigenvalue weighted by atomic mass is 10.3. The van der Waals surface area contributed by atoms with Crippen molar-refractivity contribution in [2.24, 2.45) is 7.05 Å². The standard InChI is InChI=1S/C11H17N5O2/c1-8(2)15(7-5-6-12)11-10(16(17)18)13-9(3)14(11)4/h8H,5,7H2,1-4H3. The fraction of sp³-hybridized carbons (Fsp3) is 0.636. The van der Waals surface area contributed by atoms with E-state index >= 15 is 0 Å². The molecule has 1 aromatic heterocycles. The summed E-state index contributed by atoms with van der Waals surface area (Å²) in [5, 5.41) is 19.7. The summed E-state index contributed by atoms with van der Waals surface area (Å²) >= 11 is 0. The lowest BCUT2D eigenvalue weighted by Crippen LogP contribution is -2.33. The van der Waals surface area contributed by atoms with Crippen LogP contribution in [-0.4, -0.2) is 27.1 Å². The van der Waals surface area contributed by atoms with Crippen LogP contribution < -0.4 is 4.90 Å². The van der Waals surface area contributed by atoms with Crippen LogP contribution in [-0.2, 0) is 7.05 Å². The molecule has 0 aliphatic rings. The Kier molecular flexibility index (Phi) is 4.26. The second kappa shape index (κ2) is 5.49. The number of aryl methyl sites for hydroxylation is 1. The van der Waals surface area contributed by atoms with Crippen LogP contribution in [0.15, 0.2) is 0 Å². The number of rotatable bonds is 5. The molecule has 0 atom stereocenters. The molecule has 0 aliphatic carbocycles. The second-order valence-corrected chi connectivity index (χ2v) is 4.32. The molecule has 0 spiro atoms. The Morgan fingerprint density at radius 1 is 1.61 bits per heavy atom. The van der Waals surface area contributed by atoms with Crippen LogP contribution in [0.3, 0.4) is 0 Å². The zero-order valence-corrected chi connectivity index (χ0v) is 11.0. The maximum absolute atomic E-state index is 11.0. The molecule has 0 bridgehead atoms. The van der Waals surface area contributed by atoms with Crippen molar-refractivity contribution in [3.05, 3.63) is 15.9 Å². The first-order valence-corrected chi connectivity index (χ1v) is 5.71. The SMILES string of the molecule is Cc1nc([N+](=O)[O-])c(N(CCC#N)C(C)C)n1C. The number of aromatic nitrogens is 2. The normalized spacial score (nSPS) is 10.4. The van der Waals surface area contributed by atoms with Gasteiger partial charge < -0.3 is 15.0 Å². The molecule has 0 fully saturated rings. The number of anilines is 1. The number of nitro groups is 1. The van der Waals surface area contributed by atoms with E-state index in [9.17, 15) is 10.1 Å². The van der Waals surface area contributed by atoms with Crippen LogP contribution in [0, 0.1) is 28.4 Å². The molecule has 0 aromatic carbocycles. The van der Waals surface area contributed by atoms with Gasteiger partial charge in [-0.25, -0.2) is 0 Å².